The minimum Gasteiger partial charge on any atom is -0.481 e. The van der Waals surface area contributed by atoms with Crippen LogP contribution in [0.2, 0.25) is 6.82 Å². The molecule has 0 aromatic heterocycles. The number of ether oxygens (including phenoxy) is 1. The largest absolute Gasteiger partial charge is 0.481 e. The highest BCUT2D eigenvalue weighted by atomic mass is 16.5. The summed E-state index contributed by atoms with van der Waals surface area (Å²) in [5, 5.41) is 20.5. The van der Waals surface area contributed by atoms with Crippen molar-refractivity contribution in [3.63, 3.8) is 0 Å². The van der Waals surface area contributed by atoms with Crippen LogP contribution in [0.25, 0.3) is 0 Å². The number of aliphatic carboxylic acids is 1. The molecule has 0 aliphatic rings. The Balaban J connectivity index is 2.51. The van der Waals surface area contributed by atoms with Crippen molar-refractivity contribution in [2.75, 3.05) is 0 Å². The Morgan fingerprint density at radius 1 is 1.35 bits per heavy atom. The van der Waals surface area contributed by atoms with Crippen LogP contribution in [0.15, 0.2) is 30.3 Å². The highest BCUT2D eigenvalue weighted by Gasteiger charge is 2.23. The Kier molecular flexibility index (Phi) is 6.76. The predicted octanol–water partition coefficient (Wildman–Crippen LogP) is 0.663. The Morgan fingerprint density at radius 3 is 2.55 bits per heavy atom. The molecule has 0 heterocycles. The molecule has 1 rings (SSSR count). The zero-order valence-electron chi connectivity index (χ0n) is 11.3. The van der Waals surface area contributed by atoms with Gasteiger partial charge in [0.25, 0.3) is 0 Å². The predicted molar refractivity (Wildman–Crippen MR) is 73.9 cm³/mol. The van der Waals surface area contributed by atoms with Gasteiger partial charge in [-0.1, -0.05) is 30.3 Å². The molecule has 0 bridgehead atoms. The van der Waals surface area contributed by atoms with E-state index in [9.17, 15) is 14.6 Å². The molecule has 20 heavy (non-hydrogen) atoms. The lowest BCUT2D eigenvalue weighted by molar-refractivity contribution is -0.147. The summed E-state index contributed by atoms with van der Waals surface area (Å²) in [6.45, 7) is 1.57. The number of rotatable bonds is 8. The number of carbonyl (C=O) groups excluding carboxylic acids is 1. The van der Waals surface area contributed by atoms with Crippen molar-refractivity contribution in [1.82, 2.24) is 5.23 Å². The minimum atomic E-state index is -1.00. The van der Waals surface area contributed by atoms with Crippen LogP contribution >= 0.6 is 0 Å². The summed E-state index contributed by atoms with van der Waals surface area (Å²) >= 11 is 0. The maximum absolute atomic E-state index is 11.9. The third kappa shape index (κ3) is 6.35. The van der Waals surface area contributed by atoms with E-state index in [2.05, 4.69) is 5.23 Å². The van der Waals surface area contributed by atoms with Gasteiger partial charge in [0.15, 0.2) is 0 Å². The molecule has 1 aromatic rings. The first-order valence-corrected chi connectivity index (χ1v) is 6.35. The van der Waals surface area contributed by atoms with Crippen LogP contribution in [0.1, 0.15) is 18.4 Å². The highest BCUT2D eigenvalue weighted by molar-refractivity contribution is 6.46. The molecule has 0 radical (unpaired) electrons. The summed E-state index contributed by atoms with van der Waals surface area (Å²) in [4.78, 5) is 22.4. The third-order valence-electron chi connectivity index (χ3n) is 2.60. The van der Waals surface area contributed by atoms with Gasteiger partial charge in [-0.2, -0.15) is 0 Å². The monoisotopic (exact) mass is 279 g/mol. The van der Waals surface area contributed by atoms with Crippen LogP contribution in [0.3, 0.4) is 0 Å². The molecule has 0 saturated carbocycles. The molecule has 1 aromatic carbocycles. The van der Waals surface area contributed by atoms with Gasteiger partial charge in [-0.05, 0) is 18.8 Å². The van der Waals surface area contributed by atoms with Gasteiger partial charge in [-0.3, -0.25) is 9.59 Å². The fourth-order valence-corrected chi connectivity index (χ4v) is 1.66. The van der Waals surface area contributed by atoms with Gasteiger partial charge in [0.1, 0.15) is 6.61 Å². The summed E-state index contributed by atoms with van der Waals surface area (Å²) in [6.07, 6.45) is -0.112. The number of hydrogen-bond donors (Lipinski definition) is 3. The number of hydrogen-bond acceptors (Lipinski definition) is 5. The lowest BCUT2D eigenvalue weighted by Gasteiger charge is -2.17. The second-order valence-corrected chi connectivity index (χ2v) is 4.42. The first kappa shape index (κ1) is 16.2. The molecule has 0 aliphatic carbocycles. The Labute approximate surface area is 117 Å². The number of benzene rings is 1. The maximum Gasteiger partial charge on any atom is 0.374 e. The number of carboxylic acids is 1. The first-order chi connectivity index (χ1) is 9.49. The normalized spacial score (nSPS) is 11.7. The quantitative estimate of drug-likeness (QED) is 0.478. The van der Waals surface area contributed by atoms with E-state index >= 15 is 0 Å². The zero-order chi connectivity index (χ0) is 15.0. The van der Waals surface area contributed by atoms with E-state index < -0.39 is 25.0 Å². The lowest BCUT2D eigenvalue weighted by Crippen LogP contribution is -2.45. The smallest absolute Gasteiger partial charge is 0.374 e. The molecule has 0 unspecified atom stereocenters. The molecule has 1 atom stereocenters. The summed E-state index contributed by atoms with van der Waals surface area (Å²) < 4.78 is 5.12. The van der Waals surface area contributed by atoms with Crippen LogP contribution in [0.4, 0.5) is 0 Å². The van der Waals surface area contributed by atoms with E-state index in [1.807, 2.05) is 30.3 Å². The average Bonchev–Trinajstić information content (AvgIpc) is 2.41. The molecular formula is C13H18BNO5. The number of nitrogens with one attached hydrogen (secondary N) is 1. The summed E-state index contributed by atoms with van der Waals surface area (Å²) in [6, 6.07) is 8.33. The molecule has 6 nitrogen and oxygen atoms in total. The van der Waals surface area contributed by atoms with E-state index in [-0.39, 0.29) is 19.4 Å². The van der Waals surface area contributed by atoms with Crippen molar-refractivity contribution in [3.05, 3.63) is 35.9 Å². The standard InChI is InChI=1S/C13H18BNO5/c1-14(19)15-11(7-8-12(16)17)13(18)20-9-10-5-3-2-4-6-10/h2-6,11,15,19H,7-9H2,1H3,(H,16,17)/t11-/m0/s1. The van der Waals surface area contributed by atoms with Gasteiger partial charge >= 0.3 is 19.0 Å². The molecule has 7 heteroatoms. The Bertz CT molecular complexity index is 438. The van der Waals surface area contributed by atoms with Crippen molar-refractivity contribution >= 4 is 19.0 Å². The molecule has 3 N–H and O–H groups in total. The van der Waals surface area contributed by atoms with Crippen LogP contribution in [-0.2, 0) is 20.9 Å². The molecule has 0 saturated heterocycles. The fraction of sp³-hybridized carbons (Fsp3) is 0.385. The van der Waals surface area contributed by atoms with E-state index in [0.717, 1.165) is 5.56 Å². The van der Waals surface area contributed by atoms with Crippen molar-refractivity contribution in [2.45, 2.75) is 32.3 Å². The van der Waals surface area contributed by atoms with Gasteiger partial charge in [0.05, 0.1) is 6.04 Å². The summed E-state index contributed by atoms with van der Waals surface area (Å²) in [7, 11) is -0.918. The molecule has 108 valence electrons. The van der Waals surface area contributed by atoms with Gasteiger partial charge < -0.3 is 20.1 Å². The van der Waals surface area contributed by atoms with E-state index in [0.29, 0.717) is 0 Å². The number of esters is 1. The zero-order valence-corrected chi connectivity index (χ0v) is 11.3. The van der Waals surface area contributed by atoms with Gasteiger partial charge in [0, 0.05) is 6.42 Å². The van der Waals surface area contributed by atoms with Crippen molar-refractivity contribution in [1.29, 1.82) is 0 Å². The van der Waals surface area contributed by atoms with Gasteiger partial charge in [-0.15, -0.1) is 0 Å². The molecular weight excluding hydrogens is 261 g/mol. The van der Waals surface area contributed by atoms with Gasteiger partial charge in [-0.25, -0.2) is 0 Å². The summed E-state index contributed by atoms with van der Waals surface area (Å²) in [5.41, 5.74) is 0.842. The van der Waals surface area contributed by atoms with Crippen LogP contribution < -0.4 is 5.23 Å². The number of carbonyl (C=O) groups is 2. The van der Waals surface area contributed by atoms with E-state index in [4.69, 9.17) is 9.84 Å². The minimum absolute atomic E-state index is 0.0633. The van der Waals surface area contributed by atoms with Crippen molar-refractivity contribution in [3.8, 4) is 0 Å². The fourth-order valence-electron chi connectivity index (χ4n) is 1.66. The Morgan fingerprint density at radius 2 is 2.00 bits per heavy atom. The molecule has 0 amide bonds. The summed E-state index contributed by atoms with van der Waals surface area (Å²) in [5.74, 6) is -1.57. The Hall–Kier alpha value is -1.86. The van der Waals surface area contributed by atoms with Crippen molar-refractivity contribution in [2.24, 2.45) is 0 Å². The van der Waals surface area contributed by atoms with Crippen LogP contribution in [0, 0.1) is 0 Å². The van der Waals surface area contributed by atoms with Crippen LogP contribution in [0.5, 0.6) is 0 Å². The number of carboxylic acid groups (broad SMARTS) is 1. The third-order valence-corrected chi connectivity index (χ3v) is 2.60. The lowest BCUT2D eigenvalue weighted by atomic mass is 9.86. The van der Waals surface area contributed by atoms with Crippen LogP contribution in [-0.4, -0.2) is 35.2 Å². The van der Waals surface area contributed by atoms with E-state index in [1.54, 1.807) is 0 Å². The molecule has 0 aliphatic heterocycles. The van der Waals surface area contributed by atoms with Gasteiger partial charge in [0.2, 0.25) is 0 Å². The highest BCUT2D eigenvalue weighted by Crippen LogP contribution is 2.05. The van der Waals surface area contributed by atoms with Crippen molar-refractivity contribution < 1.29 is 24.5 Å². The second-order valence-electron chi connectivity index (χ2n) is 4.42. The first-order valence-electron chi connectivity index (χ1n) is 6.35. The molecule has 0 fully saturated rings. The topological polar surface area (TPSA) is 95.9 Å². The molecule has 0 spiro atoms. The SMILES string of the molecule is CB(O)N[C@@H](CCC(=O)O)C(=O)OCc1ccccc1. The average molecular weight is 279 g/mol. The van der Waals surface area contributed by atoms with E-state index in [1.165, 1.54) is 6.82 Å². The maximum atomic E-state index is 11.9. The second kappa shape index (κ2) is 8.34.